The number of ether oxygens (including phenoxy) is 3. The second-order valence-corrected chi connectivity index (χ2v) is 10.0. The molecule has 1 aliphatic heterocycles. The first-order valence-corrected chi connectivity index (χ1v) is 12.6. The minimum atomic E-state index is -0.279. The molecule has 0 spiro atoms. The average Bonchev–Trinajstić information content (AvgIpc) is 3.14. The first kappa shape index (κ1) is 26.2. The molecule has 0 atom stereocenters. The number of thiocarbonyl (C=S) groups is 1. The van der Waals surface area contributed by atoms with Crippen molar-refractivity contribution in [2.45, 2.75) is 13.8 Å². The molecular formula is C28H26N2O5S2. The van der Waals surface area contributed by atoms with Crippen LogP contribution in [-0.2, 0) is 9.59 Å². The second-order valence-electron chi connectivity index (χ2n) is 8.34. The van der Waals surface area contributed by atoms with Crippen molar-refractivity contribution in [2.24, 2.45) is 0 Å². The Morgan fingerprint density at radius 1 is 0.973 bits per heavy atom. The smallest absolute Gasteiger partial charge is 0.270 e. The van der Waals surface area contributed by atoms with Gasteiger partial charge in [-0.1, -0.05) is 36.1 Å². The Bertz CT molecular complexity index is 1370. The van der Waals surface area contributed by atoms with Gasteiger partial charge in [0, 0.05) is 5.69 Å². The highest BCUT2D eigenvalue weighted by atomic mass is 32.2. The van der Waals surface area contributed by atoms with Crippen molar-refractivity contribution in [3.8, 4) is 17.2 Å². The summed E-state index contributed by atoms with van der Waals surface area (Å²) in [6.07, 6.45) is 1.75. The summed E-state index contributed by atoms with van der Waals surface area (Å²) in [5, 5.41) is 2.85. The molecule has 190 valence electrons. The standard InChI is InChI=1S/C28H26N2O5S2/c1-17-11-18(2)13-20(12-17)29-26(31)16-35-23-10-5-19(14-24(23)34-4)15-25-27(32)30(28(36)37-25)21-6-8-22(33-3)9-7-21/h5-15H,16H2,1-4H3,(H,29,31)/b25-15-. The summed E-state index contributed by atoms with van der Waals surface area (Å²) in [6, 6.07) is 18.2. The molecule has 4 rings (SSSR count). The maximum absolute atomic E-state index is 13.1. The molecule has 1 aliphatic rings. The normalized spacial score (nSPS) is 14.2. The zero-order chi connectivity index (χ0) is 26.5. The second kappa shape index (κ2) is 11.5. The predicted octanol–water partition coefficient (Wildman–Crippen LogP) is 5.74. The third kappa shape index (κ3) is 6.31. The van der Waals surface area contributed by atoms with Crippen LogP contribution < -0.4 is 24.4 Å². The van der Waals surface area contributed by atoms with Crippen LogP contribution in [0.4, 0.5) is 11.4 Å². The average molecular weight is 535 g/mol. The van der Waals surface area contributed by atoms with Crippen LogP contribution in [0.3, 0.4) is 0 Å². The number of aryl methyl sites for hydroxylation is 2. The van der Waals surface area contributed by atoms with Gasteiger partial charge in [0.05, 0.1) is 24.8 Å². The number of methoxy groups -OCH3 is 2. The fourth-order valence-corrected chi connectivity index (χ4v) is 5.15. The molecule has 0 aromatic heterocycles. The highest BCUT2D eigenvalue weighted by Gasteiger charge is 2.33. The number of rotatable bonds is 8. The Kier molecular flexibility index (Phi) is 8.15. The number of hydrogen-bond acceptors (Lipinski definition) is 7. The Balaban J connectivity index is 1.44. The molecule has 1 fully saturated rings. The molecule has 0 radical (unpaired) electrons. The molecule has 0 aliphatic carbocycles. The third-order valence-electron chi connectivity index (χ3n) is 5.47. The number of hydrogen-bond donors (Lipinski definition) is 1. The van der Waals surface area contributed by atoms with Gasteiger partial charge in [0.25, 0.3) is 11.8 Å². The predicted molar refractivity (Wildman–Crippen MR) is 152 cm³/mol. The molecule has 9 heteroatoms. The van der Waals surface area contributed by atoms with Crippen LogP contribution in [0.15, 0.2) is 65.6 Å². The molecule has 0 unspecified atom stereocenters. The van der Waals surface area contributed by atoms with Crippen molar-refractivity contribution < 1.29 is 23.8 Å². The summed E-state index contributed by atoms with van der Waals surface area (Å²) >= 11 is 6.69. The fourth-order valence-electron chi connectivity index (χ4n) is 3.85. The summed E-state index contributed by atoms with van der Waals surface area (Å²) in [5.74, 6) is 1.07. The van der Waals surface area contributed by atoms with Gasteiger partial charge in [0.2, 0.25) is 0 Å². The zero-order valence-corrected chi connectivity index (χ0v) is 22.5. The Labute approximate surface area is 225 Å². The topological polar surface area (TPSA) is 77.1 Å². The SMILES string of the molecule is COc1ccc(N2C(=O)/C(=C/c3ccc(OCC(=O)Nc4cc(C)cc(C)c4)c(OC)c3)SC2=S)cc1. The van der Waals surface area contributed by atoms with E-state index in [1.54, 1.807) is 55.7 Å². The molecule has 0 bridgehead atoms. The van der Waals surface area contributed by atoms with E-state index in [1.807, 2.05) is 32.0 Å². The van der Waals surface area contributed by atoms with Crippen LogP contribution in [-0.4, -0.2) is 37.0 Å². The molecule has 0 saturated carbocycles. The monoisotopic (exact) mass is 534 g/mol. The van der Waals surface area contributed by atoms with E-state index in [0.29, 0.717) is 32.2 Å². The zero-order valence-electron chi connectivity index (χ0n) is 20.9. The van der Waals surface area contributed by atoms with Crippen LogP contribution >= 0.6 is 24.0 Å². The maximum Gasteiger partial charge on any atom is 0.270 e. The lowest BCUT2D eigenvalue weighted by Crippen LogP contribution is -2.27. The maximum atomic E-state index is 13.1. The number of amides is 2. The third-order valence-corrected chi connectivity index (χ3v) is 6.78. The van der Waals surface area contributed by atoms with Gasteiger partial charge in [-0.15, -0.1) is 0 Å². The number of carbonyl (C=O) groups is 2. The van der Waals surface area contributed by atoms with E-state index in [0.717, 1.165) is 22.4 Å². The van der Waals surface area contributed by atoms with Crippen molar-refractivity contribution in [1.82, 2.24) is 0 Å². The number of benzene rings is 3. The van der Waals surface area contributed by atoms with Crippen LogP contribution in [0.1, 0.15) is 16.7 Å². The van der Waals surface area contributed by atoms with Crippen LogP contribution in [0.5, 0.6) is 17.2 Å². The van der Waals surface area contributed by atoms with Gasteiger partial charge in [0.1, 0.15) is 5.75 Å². The van der Waals surface area contributed by atoms with E-state index in [-0.39, 0.29) is 18.4 Å². The van der Waals surface area contributed by atoms with Gasteiger partial charge < -0.3 is 19.5 Å². The number of anilines is 2. The van der Waals surface area contributed by atoms with Crippen molar-refractivity contribution in [3.63, 3.8) is 0 Å². The lowest BCUT2D eigenvalue weighted by atomic mass is 10.1. The van der Waals surface area contributed by atoms with E-state index in [4.69, 9.17) is 26.4 Å². The Morgan fingerprint density at radius 2 is 1.68 bits per heavy atom. The van der Waals surface area contributed by atoms with Crippen LogP contribution in [0.25, 0.3) is 6.08 Å². The summed E-state index contributed by atoms with van der Waals surface area (Å²) in [7, 11) is 3.10. The lowest BCUT2D eigenvalue weighted by Gasteiger charge is -2.14. The largest absolute Gasteiger partial charge is 0.497 e. The molecule has 3 aromatic carbocycles. The van der Waals surface area contributed by atoms with Gasteiger partial charge in [-0.2, -0.15) is 0 Å². The molecule has 37 heavy (non-hydrogen) atoms. The van der Waals surface area contributed by atoms with Crippen molar-refractivity contribution in [1.29, 1.82) is 0 Å². The first-order chi connectivity index (χ1) is 17.8. The quantitative estimate of drug-likeness (QED) is 0.292. The number of nitrogens with one attached hydrogen (secondary N) is 1. The Morgan fingerprint density at radius 3 is 2.32 bits per heavy atom. The van der Waals surface area contributed by atoms with Crippen molar-refractivity contribution in [3.05, 3.63) is 82.3 Å². The van der Waals surface area contributed by atoms with Crippen molar-refractivity contribution in [2.75, 3.05) is 31.0 Å². The van der Waals surface area contributed by atoms with Crippen LogP contribution in [0.2, 0.25) is 0 Å². The van der Waals surface area contributed by atoms with E-state index in [9.17, 15) is 9.59 Å². The summed E-state index contributed by atoms with van der Waals surface area (Å²) < 4.78 is 16.8. The van der Waals surface area contributed by atoms with E-state index in [1.165, 1.54) is 23.8 Å². The number of carbonyl (C=O) groups excluding carboxylic acids is 2. The molecule has 2 amide bonds. The molecule has 7 nitrogen and oxygen atoms in total. The lowest BCUT2D eigenvalue weighted by molar-refractivity contribution is -0.118. The summed E-state index contributed by atoms with van der Waals surface area (Å²) in [6.45, 7) is 3.77. The Hall–Kier alpha value is -3.82. The minimum absolute atomic E-state index is 0.177. The minimum Gasteiger partial charge on any atom is -0.497 e. The molecule has 1 saturated heterocycles. The summed E-state index contributed by atoms with van der Waals surface area (Å²) in [4.78, 5) is 27.5. The number of thioether (sulfide) groups is 1. The van der Waals surface area contributed by atoms with Crippen molar-refractivity contribution >= 4 is 57.6 Å². The molecular weight excluding hydrogens is 508 g/mol. The highest BCUT2D eigenvalue weighted by Crippen LogP contribution is 2.37. The van der Waals surface area contributed by atoms with Gasteiger partial charge in [0.15, 0.2) is 22.4 Å². The van der Waals surface area contributed by atoms with Gasteiger partial charge in [-0.05, 0) is 85.1 Å². The molecule has 3 aromatic rings. The van der Waals surface area contributed by atoms with Gasteiger partial charge >= 0.3 is 0 Å². The van der Waals surface area contributed by atoms with Gasteiger partial charge in [-0.3, -0.25) is 14.5 Å². The molecule has 1 N–H and O–H groups in total. The van der Waals surface area contributed by atoms with Crippen LogP contribution in [0, 0.1) is 13.8 Å². The fraction of sp³-hybridized carbons (Fsp3) is 0.179. The first-order valence-electron chi connectivity index (χ1n) is 11.4. The molecule has 1 heterocycles. The van der Waals surface area contributed by atoms with E-state index >= 15 is 0 Å². The highest BCUT2D eigenvalue weighted by molar-refractivity contribution is 8.27. The van der Waals surface area contributed by atoms with E-state index in [2.05, 4.69) is 5.32 Å². The number of nitrogens with zero attached hydrogens (tertiary/aromatic N) is 1. The van der Waals surface area contributed by atoms with Gasteiger partial charge in [-0.25, -0.2) is 0 Å². The van der Waals surface area contributed by atoms with E-state index < -0.39 is 0 Å². The summed E-state index contributed by atoms with van der Waals surface area (Å²) in [5.41, 5.74) is 4.26.